The van der Waals surface area contributed by atoms with Crippen molar-refractivity contribution in [2.45, 2.75) is 26.6 Å². The van der Waals surface area contributed by atoms with E-state index >= 15 is 0 Å². The Kier molecular flexibility index (Phi) is 5.15. The van der Waals surface area contributed by atoms with Crippen LogP contribution in [0.4, 0.5) is 18.0 Å². The van der Waals surface area contributed by atoms with Gasteiger partial charge in [-0.2, -0.15) is 13.2 Å². The molecule has 1 fully saturated rings. The Morgan fingerprint density at radius 1 is 1.04 bits per heavy atom. The highest BCUT2D eigenvalue weighted by molar-refractivity contribution is 8.18. The number of thioether (sulfide) groups is 1. The van der Waals surface area contributed by atoms with Gasteiger partial charge in [-0.3, -0.25) is 14.5 Å². The van der Waals surface area contributed by atoms with E-state index in [4.69, 9.17) is 0 Å². The molecule has 0 spiro atoms. The lowest BCUT2D eigenvalue weighted by Crippen LogP contribution is -2.27. The minimum Gasteiger partial charge on any atom is -0.268 e. The van der Waals surface area contributed by atoms with Gasteiger partial charge in [0.1, 0.15) is 0 Å². The maximum Gasteiger partial charge on any atom is 0.416 e. The van der Waals surface area contributed by atoms with E-state index in [1.54, 1.807) is 0 Å². The summed E-state index contributed by atoms with van der Waals surface area (Å²) in [6.45, 7) is 3.99. The van der Waals surface area contributed by atoms with Crippen LogP contribution in [0.15, 0.2) is 47.4 Å². The molecule has 140 valence electrons. The maximum absolute atomic E-state index is 12.8. The van der Waals surface area contributed by atoms with Gasteiger partial charge in [-0.05, 0) is 54.9 Å². The zero-order valence-corrected chi connectivity index (χ0v) is 15.4. The van der Waals surface area contributed by atoms with Crippen molar-refractivity contribution in [3.05, 3.63) is 75.2 Å². The third-order valence-corrected chi connectivity index (χ3v) is 4.91. The van der Waals surface area contributed by atoms with E-state index in [-0.39, 0.29) is 17.0 Å². The molecular formula is C20H16F3NO2S. The van der Waals surface area contributed by atoms with Gasteiger partial charge in [0.2, 0.25) is 0 Å². The summed E-state index contributed by atoms with van der Waals surface area (Å²) in [7, 11) is 0. The van der Waals surface area contributed by atoms with Gasteiger partial charge in [-0.25, -0.2) is 0 Å². The molecule has 2 aromatic rings. The fourth-order valence-electron chi connectivity index (χ4n) is 2.94. The molecule has 0 aromatic heterocycles. The van der Waals surface area contributed by atoms with Gasteiger partial charge < -0.3 is 0 Å². The highest BCUT2D eigenvalue weighted by Crippen LogP contribution is 2.35. The van der Waals surface area contributed by atoms with Crippen molar-refractivity contribution in [2.75, 3.05) is 0 Å². The van der Waals surface area contributed by atoms with Crippen molar-refractivity contribution in [1.82, 2.24) is 4.90 Å². The van der Waals surface area contributed by atoms with E-state index in [1.807, 2.05) is 32.0 Å². The van der Waals surface area contributed by atoms with Gasteiger partial charge in [-0.15, -0.1) is 0 Å². The molecular weight excluding hydrogens is 375 g/mol. The molecule has 27 heavy (non-hydrogen) atoms. The normalized spacial score (nSPS) is 16.5. The number of alkyl halides is 3. The second-order valence-electron chi connectivity index (χ2n) is 6.39. The second-order valence-corrected chi connectivity index (χ2v) is 7.38. The van der Waals surface area contributed by atoms with Crippen molar-refractivity contribution in [3.8, 4) is 0 Å². The molecule has 0 unspecified atom stereocenters. The Morgan fingerprint density at radius 3 is 2.33 bits per heavy atom. The summed E-state index contributed by atoms with van der Waals surface area (Å²) in [5, 5.41) is -0.433. The van der Waals surface area contributed by atoms with E-state index in [0.717, 1.165) is 45.5 Å². The molecule has 0 saturated carbocycles. The first-order valence-corrected chi connectivity index (χ1v) is 8.95. The van der Waals surface area contributed by atoms with Crippen LogP contribution in [0.2, 0.25) is 0 Å². The number of rotatable bonds is 3. The van der Waals surface area contributed by atoms with Gasteiger partial charge in [0.15, 0.2) is 0 Å². The van der Waals surface area contributed by atoms with Gasteiger partial charge in [0.05, 0.1) is 17.0 Å². The molecule has 1 heterocycles. The third-order valence-electron chi connectivity index (χ3n) is 4.01. The van der Waals surface area contributed by atoms with E-state index in [0.29, 0.717) is 0 Å². The molecule has 0 aliphatic carbocycles. The monoisotopic (exact) mass is 391 g/mol. The number of hydrogen-bond donors (Lipinski definition) is 0. The first-order valence-electron chi connectivity index (χ1n) is 8.13. The molecule has 2 aromatic carbocycles. The topological polar surface area (TPSA) is 37.4 Å². The average molecular weight is 391 g/mol. The fourth-order valence-corrected chi connectivity index (χ4v) is 3.77. The number of carbonyl (C=O) groups is 2. The van der Waals surface area contributed by atoms with E-state index in [9.17, 15) is 22.8 Å². The number of hydrogen-bond acceptors (Lipinski definition) is 3. The molecule has 7 heteroatoms. The van der Waals surface area contributed by atoms with E-state index in [1.165, 1.54) is 18.2 Å². The summed E-state index contributed by atoms with van der Waals surface area (Å²) < 4.78 is 38.5. The molecule has 2 amide bonds. The maximum atomic E-state index is 12.8. The summed E-state index contributed by atoms with van der Waals surface area (Å²) in [5.41, 5.74) is 2.30. The van der Waals surface area contributed by atoms with Crippen LogP contribution in [0.5, 0.6) is 0 Å². The molecule has 0 radical (unpaired) electrons. The molecule has 3 rings (SSSR count). The van der Waals surface area contributed by atoms with Crippen LogP contribution >= 0.6 is 11.8 Å². The van der Waals surface area contributed by atoms with Crippen molar-refractivity contribution in [2.24, 2.45) is 0 Å². The molecule has 0 atom stereocenters. The number of aryl methyl sites for hydroxylation is 2. The molecule has 1 aliphatic heterocycles. The highest BCUT2D eigenvalue weighted by Gasteiger charge is 2.35. The number of halogens is 3. The molecule has 0 bridgehead atoms. The minimum atomic E-state index is -4.47. The molecule has 3 nitrogen and oxygen atoms in total. The van der Waals surface area contributed by atoms with Crippen molar-refractivity contribution in [3.63, 3.8) is 0 Å². The van der Waals surface area contributed by atoms with Gasteiger partial charge in [0, 0.05) is 0 Å². The zero-order valence-electron chi connectivity index (χ0n) is 14.6. The largest absolute Gasteiger partial charge is 0.416 e. The van der Waals surface area contributed by atoms with Crippen molar-refractivity contribution < 1.29 is 22.8 Å². The summed E-state index contributed by atoms with van der Waals surface area (Å²) in [5.74, 6) is -0.499. The molecule has 0 N–H and O–H groups in total. The van der Waals surface area contributed by atoms with Crippen LogP contribution in [0.1, 0.15) is 27.8 Å². The summed E-state index contributed by atoms with van der Waals surface area (Å²) in [6.07, 6.45) is -3.14. The smallest absolute Gasteiger partial charge is 0.268 e. The SMILES string of the molecule is Cc1cc(C)cc(CN2C(=O)S/C(=C\c3cccc(C(F)(F)F)c3)C2=O)c1. The van der Waals surface area contributed by atoms with Crippen molar-refractivity contribution in [1.29, 1.82) is 0 Å². The summed E-state index contributed by atoms with van der Waals surface area (Å²) in [6, 6.07) is 10.4. The number of benzene rings is 2. The molecule has 1 aliphatic rings. The lowest BCUT2D eigenvalue weighted by atomic mass is 10.1. The number of amides is 2. The Labute approximate surface area is 158 Å². The standard InChI is InChI=1S/C20H16F3NO2S/c1-12-6-13(2)8-15(7-12)11-24-18(25)17(27-19(24)26)10-14-4-3-5-16(9-14)20(21,22)23/h3-10H,11H2,1-2H3/b17-10-. The number of imide groups is 1. The van der Waals surface area contributed by atoms with E-state index in [2.05, 4.69) is 0 Å². The quantitative estimate of drug-likeness (QED) is 0.643. The first-order chi connectivity index (χ1) is 12.6. The van der Waals surface area contributed by atoms with Crippen LogP contribution < -0.4 is 0 Å². The Hall–Kier alpha value is -2.54. The van der Waals surface area contributed by atoms with Gasteiger partial charge in [-0.1, -0.05) is 41.5 Å². The van der Waals surface area contributed by atoms with Gasteiger partial charge >= 0.3 is 6.18 Å². The van der Waals surface area contributed by atoms with Gasteiger partial charge in [0.25, 0.3) is 11.1 Å². The average Bonchev–Trinajstić information content (AvgIpc) is 2.81. The third kappa shape index (κ3) is 4.42. The lowest BCUT2D eigenvalue weighted by Gasteiger charge is -2.13. The lowest BCUT2D eigenvalue weighted by molar-refractivity contribution is -0.137. The Bertz CT molecular complexity index is 930. The zero-order chi connectivity index (χ0) is 19.8. The summed E-state index contributed by atoms with van der Waals surface area (Å²) >= 11 is 0.735. The minimum absolute atomic E-state index is 0.115. The number of nitrogens with zero attached hydrogens (tertiary/aromatic N) is 1. The Balaban J connectivity index is 1.84. The predicted octanol–water partition coefficient (Wildman–Crippen LogP) is 5.56. The van der Waals surface area contributed by atoms with Crippen LogP contribution in [-0.4, -0.2) is 16.0 Å². The van der Waals surface area contributed by atoms with Crippen LogP contribution in [0, 0.1) is 13.8 Å². The van der Waals surface area contributed by atoms with Crippen LogP contribution in [0.25, 0.3) is 6.08 Å². The van der Waals surface area contributed by atoms with E-state index < -0.39 is 22.9 Å². The van der Waals surface area contributed by atoms with Crippen LogP contribution in [0.3, 0.4) is 0 Å². The number of carbonyl (C=O) groups excluding carboxylic acids is 2. The first kappa shape index (κ1) is 19.2. The highest BCUT2D eigenvalue weighted by atomic mass is 32.2. The predicted molar refractivity (Wildman–Crippen MR) is 98.9 cm³/mol. The van der Waals surface area contributed by atoms with Crippen molar-refractivity contribution >= 4 is 29.0 Å². The molecule has 1 saturated heterocycles. The summed E-state index contributed by atoms with van der Waals surface area (Å²) in [4.78, 5) is 26.0. The van der Waals surface area contributed by atoms with Crippen LogP contribution in [-0.2, 0) is 17.5 Å². The Morgan fingerprint density at radius 2 is 1.70 bits per heavy atom. The second kappa shape index (κ2) is 7.23. The fraction of sp³-hybridized carbons (Fsp3) is 0.200.